The molecule has 150 valence electrons. The minimum atomic E-state index is -4.44. The van der Waals surface area contributed by atoms with Gasteiger partial charge in [0, 0.05) is 11.1 Å². The maximum absolute atomic E-state index is 14.5. The monoisotopic (exact) mass is 404 g/mol. The molecule has 0 radical (unpaired) electrons. The molecule has 0 bridgehead atoms. The summed E-state index contributed by atoms with van der Waals surface area (Å²) in [4.78, 5) is 12.2. The zero-order chi connectivity index (χ0) is 21.2. The fourth-order valence-corrected chi connectivity index (χ4v) is 2.73. The first-order valence-corrected chi connectivity index (χ1v) is 8.63. The van der Waals surface area contributed by atoms with Gasteiger partial charge < -0.3 is 0 Å². The second kappa shape index (κ2) is 7.90. The Kier molecular flexibility index (Phi) is 5.54. The van der Waals surface area contributed by atoms with Crippen molar-refractivity contribution in [3.8, 4) is 11.1 Å². The van der Waals surface area contributed by atoms with Crippen molar-refractivity contribution in [2.75, 3.05) is 5.43 Å². The molecule has 3 aromatic rings. The van der Waals surface area contributed by atoms with Crippen molar-refractivity contribution in [2.45, 2.75) is 13.1 Å². The normalized spacial score (nSPS) is 12.1. The fourth-order valence-electron chi connectivity index (χ4n) is 2.73. The quantitative estimate of drug-likeness (QED) is 0.393. The van der Waals surface area contributed by atoms with Crippen LogP contribution in [0.4, 0.5) is 17.6 Å². The number of imidazole rings is 1. The summed E-state index contributed by atoms with van der Waals surface area (Å²) in [5.41, 5.74) is 3.20. The molecule has 1 aromatic heterocycles. The Bertz CT molecular complexity index is 1070. The highest BCUT2D eigenvalue weighted by Crippen LogP contribution is 2.31. The van der Waals surface area contributed by atoms with E-state index in [9.17, 15) is 22.4 Å². The van der Waals surface area contributed by atoms with Crippen LogP contribution in [-0.4, -0.2) is 10.6 Å². The molecule has 0 atom stereocenters. The van der Waals surface area contributed by atoms with Gasteiger partial charge in [-0.1, -0.05) is 24.3 Å². The van der Waals surface area contributed by atoms with Gasteiger partial charge in [-0.15, -0.1) is 4.68 Å². The maximum Gasteiger partial charge on any atom is 0.416 e. The first-order chi connectivity index (χ1) is 13.6. The first kappa shape index (κ1) is 20.3. The van der Waals surface area contributed by atoms with Crippen LogP contribution in [0.1, 0.15) is 18.1 Å². The molecule has 0 aliphatic rings. The van der Waals surface area contributed by atoms with E-state index in [1.165, 1.54) is 35.0 Å². The Morgan fingerprint density at radius 2 is 1.83 bits per heavy atom. The van der Waals surface area contributed by atoms with Crippen molar-refractivity contribution in [1.29, 1.82) is 0 Å². The van der Waals surface area contributed by atoms with Gasteiger partial charge in [0.25, 0.3) is 12.2 Å². The Hall–Kier alpha value is -3.42. The molecule has 1 N–H and O–H groups in total. The largest absolute Gasteiger partial charge is 0.416 e. The summed E-state index contributed by atoms with van der Waals surface area (Å²) in [5.74, 6) is -0.947. The van der Waals surface area contributed by atoms with Gasteiger partial charge in [0.2, 0.25) is 0 Å². The molecule has 0 unspecified atom stereocenters. The zero-order valence-electron chi connectivity index (χ0n) is 15.7. The second-order valence-electron chi connectivity index (χ2n) is 6.57. The van der Waals surface area contributed by atoms with Crippen LogP contribution in [0.3, 0.4) is 0 Å². The Morgan fingerprint density at radius 3 is 2.38 bits per heavy atom. The summed E-state index contributed by atoms with van der Waals surface area (Å²) >= 11 is 0. The molecule has 0 spiro atoms. The molecule has 1 amide bonds. The molecule has 8 heteroatoms. The molecular formula is C21H18F4N3O+. The van der Waals surface area contributed by atoms with Gasteiger partial charge >= 0.3 is 6.18 Å². The topological polar surface area (TPSA) is 37.9 Å². The third-order valence-corrected chi connectivity index (χ3v) is 4.26. The van der Waals surface area contributed by atoms with Crippen LogP contribution in [0.2, 0.25) is 0 Å². The lowest BCUT2D eigenvalue weighted by Crippen LogP contribution is -2.27. The molecular weight excluding hydrogens is 386 g/mol. The Labute approximate surface area is 164 Å². The van der Waals surface area contributed by atoms with E-state index >= 15 is 0 Å². The maximum atomic E-state index is 14.5. The van der Waals surface area contributed by atoms with Crippen LogP contribution in [-0.2, 0) is 18.0 Å². The minimum absolute atomic E-state index is 0.179. The van der Waals surface area contributed by atoms with Gasteiger partial charge in [-0.2, -0.15) is 18.6 Å². The summed E-state index contributed by atoms with van der Waals surface area (Å²) in [6, 6.07) is 8.60. The summed E-state index contributed by atoms with van der Waals surface area (Å²) < 4.78 is 55.8. The number of nitrogens with zero attached hydrogens (tertiary/aromatic N) is 2. The molecule has 29 heavy (non-hydrogen) atoms. The highest BCUT2D eigenvalue weighted by atomic mass is 19.4. The Balaban J connectivity index is 1.78. The number of aromatic nitrogens is 2. The van der Waals surface area contributed by atoms with Crippen molar-refractivity contribution >= 4 is 12.0 Å². The van der Waals surface area contributed by atoms with E-state index in [0.29, 0.717) is 16.7 Å². The average Bonchev–Trinajstić information content (AvgIpc) is 3.06. The fraction of sp³-hybridized carbons (Fsp3) is 0.143. The van der Waals surface area contributed by atoms with Crippen LogP contribution in [0.15, 0.2) is 66.8 Å². The lowest BCUT2D eigenvalue weighted by molar-refractivity contribution is -0.670. The number of nitrogens with one attached hydrogen (secondary N) is 1. The lowest BCUT2D eigenvalue weighted by Gasteiger charge is -2.09. The highest BCUT2D eigenvalue weighted by molar-refractivity contribution is 6.02. The van der Waals surface area contributed by atoms with Gasteiger partial charge in [-0.3, -0.25) is 4.79 Å². The SMILES string of the molecule is C/C(=C\c1ccc(-c2ccc(C(F)(F)F)cc2)c(F)c1)C(=O)Nn1cc[n+](C)c1. The predicted molar refractivity (Wildman–Crippen MR) is 100 cm³/mol. The van der Waals surface area contributed by atoms with E-state index in [1.54, 1.807) is 36.3 Å². The number of hydrogen-bond acceptors (Lipinski definition) is 1. The van der Waals surface area contributed by atoms with E-state index in [1.807, 2.05) is 7.05 Å². The molecule has 4 nitrogen and oxygen atoms in total. The van der Waals surface area contributed by atoms with Crippen LogP contribution < -0.4 is 9.99 Å². The average molecular weight is 404 g/mol. The summed E-state index contributed by atoms with van der Waals surface area (Å²) in [6.45, 7) is 1.60. The summed E-state index contributed by atoms with van der Waals surface area (Å²) in [5, 5.41) is 0. The zero-order valence-corrected chi connectivity index (χ0v) is 15.7. The smallest absolute Gasteiger partial charge is 0.266 e. The van der Waals surface area contributed by atoms with Gasteiger partial charge in [-0.05, 0) is 42.3 Å². The minimum Gasteiger partial charge on any atom is -0.266 e. The van der Waals surface area contributed by atoms with Crippen LogP contribution >= 0.6 is 0 Å². The number of carbonyl (C=O) groups is 1. The van der Waals surface area contributed by atoms with Crippen molar-refractivity contribution in [1.82, 2.24) is 4.68 Å². The molecule has 2 aromatic carbocycles. The number of alkyl halides is 3. The van der Waals surface area contributed by atoms with Crippen LogP contribution in [0.25, 0.3) is 17.2 Å². The van der Waals surface area contributed by atoms with E-state index in [0.717, 1.165) is 12.1 Å². The number of amides is 1. The van der Waals surface area contributed by atoms with Gasteiger partial charge in [0.05, 0.1) is 12.6 Å². The number of rotatable bonds is 4. The molecule has 0 aliphatic heterocycles. The number of benzene rings is 2. The standard InChI is InChI=1S/C21H17F4N3O/c1-14(20(29)26-28-10-9-27(2)13-28)11-15-3-8-18(19(22)12-15)16-4-6-17(7-5-16)21(23,24)25/h3-13H,1-2H3/p+1/b14-11+. The molecule has 0 fully saturated rings. The third kappa shape index (κ3) is 4.90. The number of aryl methyl sites for hydroxylation is 1. The van der Waals surface area contributed by atoms with E-state index in [2.05, 4.69) is 5.43 Å². The van der Waals surface area contributed by atoms with Gasteiger partial charge in [-0.25, -0.2) is 8.96 Å². The number of hydrogen-bond donors (Lipinski definition) is 1. The van der Waals surface area contributed by atoms with Crippen molar-refractivity contribution in [3.05, 3.63) is 83.7 Å². The van der Waals surface area contributed by atoms with Crippen molar-refractivity contribution < 1.29 is 26.9 Å². The van der Waals surface area contributed by atoms with Crippen molar-refractivity contribution in [2.24, 2.45) is 7.05 Å². The number of carbonyl (C=O) groups excluding carboxylic acids is 1. The molecule has 0 saturated heterocycles. The third-order valence-electron chi connectivity index (χ3n) is 4.26. The van der Waals surface area contributed by atoms with Crippen LogP contribution in [0, 0.1) is 5.82 Å². The van der Waals surface area contributed by atoms with E-state index in [-0.39, 0.29) is 11.5 Å². The highest BCUT2D eigenvalue weighted by Gasteiger charge is 2.30. The van der Waals surface area contributed by atoms with Gasteiger partial charge in [0.1, 0.15) is 12.0 Å². The first-order valence-electron chi connectivity index (χ1n) is 8.63. The second-order valence-corrected chi connectivity index (χ2v) is 6.57. The van der Waals surface area contributed by atoms with Crippen LogP contribution in [0.5, 0.6) is 0 Å². The Morgan fingerprint density at radius 1 is 1.14 bits per heavy atom. The summed E-state index contributed by atoms with van der Waals surface area (Å²) in [7, 11) is 1.81. The predicted octanol–water partition coefficient (Wildman–Crippen LogP) is 4.31. The summed E-state index contributed by atoms with van der Waals surface area (Å²) in [6.07, 6.45) is 2.18. The molecule has 0 aliphatic carbocycles. The lowest BCUT2D eigenvalue weighted by atomic mass is 10.0. The van der Waals surface area contributed by atoms with E-state index in [4.69, 9.17) is 0 Å². The number of halogens is 4. The van der Waals surface area contributed by atoms with Crippen molar-refractivity contribution in [3.63, 3.8) is 0 Å². The van der Waals surface area contributed by atoms with Gasteiger partial charge in [0.15, 0.2) is 6.20 Å². The van der Waals surface area contributed by atoms with E-state index < -0.39 is 17.6 Å². The molecule has 3 rings (SSSR count). The molecule has 1 heterocycles. The molecule has 0 saturated carbocycles.